The molecule has 0 amide bonds. The third-order valence-electron chi connectivity index (χ3n) is 8.10. The van der Waals surface area contributed by atoms with Crippen molar-refractivity contribution in [3.63, 3.8) is 0 Å². The molecular formula is C34H25N3. The number of fused-ring (bicyclic) bond motifs is 6. The predicted octanol–water partition coefficient (Wildman–Crippen LogP) is 8.43. The predicted molar refractivity (Wildman–Crippen MR) is 153 cm³/mol. The van der Waals surface area contributed by atoms with E-state index in [0.29, 0.717) is 0 Å². The number of para-hydroxylation sites is 4. The van der Waals surface area contributed by atoms with E-state index in [2.05, 4.69) is 138 Å². The summed E-state index contributed by atoms with van der Waals surface area (Å²) in [7, 11) is 0. The van der Waals surface area contributed by atoms with Gasteiger partial charge >= 0.3 is 0 Å². The topological polar surface area (TPSA) is 22.8 Å². The van der Waals surface area contributed by atoms with Crippen LogP contribution in [0.1, 0.15) is 25.0 Å². The molecule has 0 N–H and O–H groups in total. The van der Waals surface area contributed by atoms with E-state index in [4.69, 9.17) is 4.98 Å². The van der Waals surface area contributed by atoms with Gasteiger partial charge in [0, 0.05) is 27.4 Å². The number of hydrogen-bond acceptors (Lipinski definition) is 1. The van der Waals surface area contributed by atoms with Crippen molar-refractivity contribution in [1.82, 2.24) is 14.1 Å². The average molecular weight is 476 g/mol. The van der Waals surface area contributed by atoms with Gasteiger partial charge in [0.05, 0.1) is 27.8 Å². The van der Waals surface area contributed by atoms with Crippen LogP contribution in [0.4, 0.5) is 0 Å². The zero-order valence-corrected chi connectivity index (χ0v) is 20.8. The lowest BCUT2D eigenvalue weighted by atomic mass is 9.74. The summed E-state index contributed by atoms with van der Waals surface area (Å²) in [4.78, 5) is 5.11. The van der Waals surface area contributed by atoms with Crippen molar-refractivity contribution in [2.75, 3.05) is 0 Å². The molecule has 0 bridgehead atoms. The first-order chi connectivity index (χ1) is 18.1. The van der Waals surface area contributed by atoms with Crippen molar-refractivity contribution in [3.8, 4) is 22.8 Å². The molecule has 0 unspecified atom stereocenters. The molecule has 0 fully saturated rings. The summed E-state index contributed by atoms with van der Waals surface area (Å²) in [6, 6.07) is 41.4. The Labute approximate surface area is 215 Å². The van der Waals surface area contributed by atoms with Gasteiger partial charge in [-0.15, -0.1) is 0 Å². The zero-order chi connectivity index (χ0) is 24.7. The Morgan fingerprint density at radius 1 is 0.595 bits per heavy atom. The molecule has 1 aliphatic rings. The van der Waals surface area contributed by atoms with E-state index < -0.39 is 0 Å². The highest BCUT2D eigenvalue weighted by Gasteiger charge is 2.35. The second kappa shape index (κ2) is 7.21. The maximum absolute atomic E-state index is 5.11. The molecular weight excluding hydrogens is 450 g/mol. The molecule has 0 spiro atoms. The summed E-state index contributed by atoms with van der Waals surface area (Å²) in [5.41, 5.74) is 10.7. The van der Waals surface area contributed by atoms with Gasteiger partial charge < -0.3 is 4.57 Å². The Balaban J connectivity index is 1.55. The molecule has 0 radical (unpaired) electrons. The van der Waals surface area contributed by atoms with Crippen LogP contribution >= 0.6 is 0 Å². The standard InChI is InChI=1S/C34H25N3/c1-34(2)26-15-7-10-18-30(26)37-29-17-9-6-14-24(29)25-20-23(21-27(34)32(25)37)36-31-19-11-8-16-28(31)35-33(36)22-12-4-3-5-13-22/h3-21H,1-2H3. The fraction of sp³-hybridized carbons (Fsp3) is 0.0882. The van der Waals surface area contributed by atoms with Crippen LogP contribution in [0.25, 0.3) is 55.6 Å². The minimum Gasteiger partial charge on any atom is -0.309 e. The quantitative estimate of drug-likeness (QED) is 0.246. The molecule has 2 aromatic heterocycles. The van der Waals surface area contributed by atoms with E-state index in [9.17, 15) is 0 Å². The van der Waals surface area contributed by atoms with Gasteiger partial charge in [0.15, 0.2) is 0 Å². The lowest BCUT2D eigenvalue weighted by Crippen LogP contribution is -2.26. The van der Waals surface area contributed by atoms with Crippen molar-refractivity contribution in [1.29, 1.82) is 0 Å². The fourth-order valence-corrected chi connectivity index (χ4v) is 6.35. The minimum atomic E-state index is -0.154. The van der Waals surface area contributed by atoms with Crippen molar-refractivity contribution < 1.29 is 0 Å². The largest absolute Gasteiger partial charge is 0.309 e. The summed E-state index contributed by atoms with van der Waals surface area (Å²) in [5, 5.41) is 2.56. The van der Waals surface area contributed by atoms with Crippen LogP contribution in [0.3, 0.4) is 0 Å². The van der Waals surface area contributed by atoms with Crippen molar-refractivity contribution in [2.24, 2.45) is 0 Å². The molecule has 1 aliphatic heterocycles. The van der Waals surface area contributed by atoms with Gasteiger partial charge in [-0.25, -0.2) is 4.98 Å². The maximum Gasteiger partial charge on any atom is 0.145 e. The second-order valence-corrected chi connectivity index (χ2v) is 10.5. The summed E-state index contributed by atoms with van der Waals surface area (Å²) < 4.78 is 4.80. The molecule has 37 heavy (non-hydrogen) atoms. The van der Waals surface area contributed by atoms with Gasteiger partial charge in [-0.2, -0.15) is 0 Å². The normalized spacial score (nSPS) is 13.9. The van der Waals surface area contributed by atoms with Crippen LogP contribution in [-0.4, -0.2) is 14.1 Å². The second-order valence-electron chi connectivity index (χ2n) is 10.5. The van der Waals surface area contributed by atoms with Crippen LogP contribution in [-0.2, 0) is 5.41 Å². The monoisotopic (exact) mass is 475 g/mol. The lowest BCUT2D eigenvalue weighted by Gasteiger charge is -2.35. The minimum absolute atomic E-state index is 0.154. The summed E-state index contributed by atoms with van der Waals surface area (Å²) in [5.74, 6) is 0.964. The van der Waals surface area contributed by atoms with Crippen LogP contribution in [0.15, 0.2) is 115 Å². The number of imidazole rings is 1. The summed E-state index contributed by atoms with van der Waals surface area (Å²) >= 11 is 0. The fourth-order valence-electron chi connectivity index (χ4n) is 6.35. The van der Waals surface area contributed by atoms with Crippen LogP contribution in [0.2, 0.25) is 0 Å². The molecule has 0 saturated carbocycles. The Morgan fingerprint density at radius 3 is 2.16 bits per heavy atom. The molecule has 0 atom stereocenters. The van der Waals surface area contributed by atoms with Crippen molar-refractivity contribution in [3.05, 3.63) is 126 Å². The Hall–Kier alpha value is -4.63. The first-order valence-electron chi connectivity index (χ1n) is 12.8. The van der Waals surface area contributed by atoms with Crippen molar-refractivity contribution in [2.45, 2.75) is 19.3 Å². The molecule has 3 nitrogen and oxygen atoms in total. The van der Waals surface area contributed by atoms with E-state index in [1.54, 1.807) is 0 Å². The number of nitrogens with zero attached hydrogens (tertiary/aromatic N) is 3. The highest BCUT2D eigenvalue weighted by Crippen LogP contribution is 2.48. The van der Waals surface area contributed by atoms with E-state index >= 15 is 0 Å². The van der Waals surface area contributed by atoms with Gasteiger partial charge in [-0.05, 0) is 47.5 Å². The SMILES string of the molecule is CC1(C)c2ccccc2-n2c3ccccc3c3cc(-n4c(-c5ccccc5)nc5ccccc54)cc1c32. The lowest BCUT2D eigenvalue weighted by molar-refractivity contribution is 0.629. The van der Waals surface area contributed by atoms with Gasteiger partial charge in [-0.1, -0.05) is 92.7 Å². The Morgan fingerprint density at radius 2 is 1.30 bits per heavy atom. The molecule has 176 valence electrons. The van der Waals surface area contributed by atoms with E-state index in [0.717, 1.165) is 28.1 Å². The van der Waals surface area contributed by atoms with Gasteiger partial charge in [0.1, 0.15) is 5.82 Å². The number of aromatic nitrogens is 3. The molecule has 3 heterocycles. The summed E-state index contributed by atoms with van der Waals surface area (Å²) in [6.07, 6.45) is 0. The first-order valence-corrected chi connectivity index (χ1v) is 12.8. The van der Waals surface area contributed by atoms with Gasteiger partial charge in [-0.3, -0.25) is 4.57 Å². The van der Waals surface area contributed by atoms with E-state index in [-0.39, 0.29) is 5.41 Å². The number of hydrogen-bond donors (Lipinski definition) is 0. The van der Waals surface area contributed by atoms with Gasteiger partial charge in [0.2, 0.25) is 0 Å². The Kier molecular flexibility index (Phi) is 4.00. The molecule has 8 rings (SSSR count). The van der Waals surface area contributed by atoms with Crippen molar-refractivity contribution >= 4 is 32.8 Å². The average Bonchev–Trinajstić information content (AvgIpc) is 3.49. The maximum atomic E-state index is 5.11. The smallest absolute Gasteiger partial charge is 0.145 e. The highest BCUT2D eigenvalue weighted by molar-refractivity contribution is 6.12. The highest BCUT2D eigenvalue weighted by atomic mass is 15.1. The van der Waals surface area contributed by atoms with Gasteiger partial charge in [0.25, 0.3) is 0 Å². The molecule has 0 aliphatic carbocycles. The molecule has 3 heteroatoms. The molecule has 5 aromatic carbocycles. The first kappa shape index (κ1) is 20.6. The molecule has 7 aromatic rings. The Bertz CT molecular complexity index is 2000. The zero-order valence-electron chi connectivity index (χ0n) is 20.8. The van der Waals surface area contributed by atoms with Crippen LogP contribution in [0, 0.1) is 0 Å². The third kappa shape index (κ3) is 2.69. The number of rotatable bonds is 2. The molecule has 0 saturated heterocycles. The van der Waals surface area contributed by atoms with Crippen LogP contribution < -0.4 is 0 Å². The third-order valence-corrected chi connectivity index (χ3v) is 8.10. The van der Waals surface area contributed by atoms with E-state index in [1.807, 2.05) is 0 Å². The van der Waals surface area contributed by atoms with Crippen LogP contribution in [0.5, 0.6) is 0 Å². The van der Waals surface area contributed by atoms with E-state index in [1.165, 1.54) is 38.6 Å². The number of benzene rings is 5. The summed E-state index contributed by atoms with van der Waals surface area (Å²) in [6.45, 7) is 4.71.